The van der Waals surface area contributed by atoms with Gasteiger partial charge in [-0.1, -0.05) is 19.1 Å². The quantitative estimate of drug-likeness (QED) is 0.906. The van der Waals surface area contributed by atoms with Crippen LogP contribution in [0.3, 0.4) is 0 Å². The van der Waals surface area contributed by atoms with E-state index in [1.165, 1.54) is 18.2 Å². The van der Waals surface area contributed by atoms with Crippen LogP contribution in [-0.2, 0) is 0 Å². The normalized spacial score (nSPS) is 13.8. The minimum absolute atomic E-state index is 0.145. The monoisotopic (exact) mass is 295 g/mol. The van der Waals surface area contributed by atoms with Crippen LogP contribution in [0.15, 0.2) is 42.5 Å². The summed E-state index contributed by atoms with van der Waals surface area (Å²) < 4.78 is 45.2. The second-order valence-corrected chi connectivity index (χ2v) is 4.74. The smallest absolute Gasteiger partial charge is 0.162 e. The summed E-state index contributed by atoms with van der Waals surface area (Å²) in [5.41, 5.74) is 6.55. The molecule has 2 atom stereocenters. The van der Waals surface area contributed by atoms with Crippen molar-refractivity contribution in [2.75, 3.05) is 0 Å². The molecule has 0 saturated carbocycles. The summed E-state index contributed by atoms with van der Waals surface area (Å²) in [6, 6.07) is 8.70. The van der Waals surface area contributed by atoms with Gasteiger partial charge in [0.2, 0.25) is 0 Å². The summed E-state index contributed by atoms with van der Waals surface area (Å²) in [7, 11) is 0. The maximum atomic E-state index is 13.3. The van der Waals surface area contributed by atoms with Crippen LogP contribution in [0.5, 0.6) is 5.75 Å². The topological polar surface area (TPSA) is 35.2 Å². The molecule has 0 radical (unpaired) electrons. The molecular weight excluding hydrogens is 279 g/mol. The molecule has 0 aromatic heterocycles. The molecule has 2 rings (SSSR count). The third kappa shape index (κ3) is 3.76. The van der Waals surface area contributed by atoms with Crippen LogP contribution < -0.4 is 10.5 Å². The predicted molar refractivity (Wildman–Crippen MR) is 74.4 cm³/mol. The fraction of sp³-hybridized carbons (Fsp3) is 0.250. The number of benzene rings is 2. The van der Waals surface area contributed by atoms with E-state index in [1.54, 1.807) is 12.1 Å². The molecule has 2 unspecified atom stereocenters. The molecule has 0 fully saturated rings. The summed E-state index contributed by atoms with van der Waals surface area (Å²) in [6.45, 7) is 1.87. The van der Waals surface area contributed by atoms with E-state index in [2.05, 4.69) is 0 Å². The van der Waals surface area contributed by atoms with Gasteiger partial charge in [-0.15, -0.1) is 0 Å². The third-order valence-corrected chi connectivity index (χ3v) is 3.19. The number of ether oxygens (including phenoxy) is 1. The molecule has 2 aromatic rings. The zero-order chi connectivity index (χ0) is 15.4. The van der Waals surface area contributed by atoms with Crippen LogP contribution in [0.25, 0.3) is 0 Å². The molecule has 5 heteroatoms. The molecule has 0 aliphatic carbocycles. The van der Waals surface area contributed by atoms with Crippen molar-refractivity contribution >= 4 is 0 Å². The van der Waals surface area contributed by atoms with Gasteiger partial charge >= 0.3 is 0 Å². The molecule has 2 aromatic carbocycles. The predicted octanol–water partition coefficient (Wildman–Crippen LogP) is 3.96. The van der Waals surface area contributed by atoms with Gasteiger partial charge in [-0.3, -0.25) is 0 Å². The lowest BCUT2D eigenvalue weighted by molar-refractivity contribution is 0.169. The molecule has 2 nitrogen and oxygen atoms in total. The van der Waals surface area contributed by atoms with Crippen LogP contribution in [0, 0.1) is 17.5 Å². The molecule has 112 valence electrons. The molecule has 0 heterocycles. The minimum atomic E-state index is -1.00. The Morgan fingerprint density at radius 3 is 2.43 bits per heavy atom. The van der Waals surface area contributed by atoms with Gasteiger partial charge in [-0.05, 0) is 36.2 Å². The van der Waals surface area contributed by atoms with Crippen molar-refractivity contribution in [3.05, 3.63) is 65.5 Å². The van der Waals surface area contributed by atoms with Crippen molar-refractivity contribution in [3.8, 4) is 5.75 Å². The van der Waals surface area contributed by atoms with Crippen LogP contribution in [0.1, 0.15) is 25.0 Å². The van der Waals surface area contributed by atoms with Crippen LogP contribution in [-0.4, -0.2) is 6.04 Å². The van der Waals surface area contributed by atoms with Crippen LogP contribution in [0.4, 0.5) is 13.2 Å². The van der Waals surface area contributed by atoms with Crippen molar-refractivity contribution in [1.29, 1.82) is 0 Å². The Morgan fingerprint density at radius 2 is 1.81 bits per heavy atom. The van der Waals surface area contributed by atoms with Gasteiger partial charge in [0.15, 0.2) is 11.6 Å². The fourth-order valence-corrected chi connectivity index (χ4v) is 2.00. The van der Waals surface area contributed by atoms with Gasteiger partial charge in [-0.2, -0.15) is 0 Å². The van der Waals surface area contributed by atoms with Gasteiger partial charge < -0.3 is 10.5 Å². The third-order valence-electron chi connectivity index (χ3n) is 3.19. The Morgan fingerprint density at radius 1 is 1.05 bits per heavy atom. The van der Waals surface area contributed by atoms with E-state index in [-0.39, 0.29) is 5.75 Å². The number of halogens is 3. The van der Waals surface area contributed by atoms with Gasteiger partial charge in [-0.25, -0.2) is 13.2 Å². The van der Waals surface area contributed by atoms with Crippen molar-refractivity contribution in [2.45, 2.75) is 25.5 Å². The van der Waals surface area contributed by atoms with Gasteiger partial charge in [0.05, 0.1) is 0 Å². The first-order chi connectivity index (χ1) is 10.0. The first-order valence-corrected chi connectivity index (χ1v) is 6.64. The molecule has 21 heavy (non-hydrogen) atoms. The second-order valence-electron chi connectivity index (χ2n) is 4.74. The van der Waals surface area contributed by atoms with Crippen molar-refractivity contribution in [2.24, 2.45) is 5.73 Å². The highest BCUT2D eigenvalue weighted by molar-refractivity contribution is 5.27. The highest BCUT2D eigenvalue weighted by Crippen LogP contribution is 2.27. The molecule has 0 amide bonds. The number of hydrogen-bond acceptors (Lipinski definition) is 2. The summed E-state index contributed by atoms with van der Waals surface area (Å²) in [5, 5.41) is 0. The molecule has 0 aliphatic rings. The van der Waals surface area contributed by atoms with Gasteiger partial charge in [0.1, 0.15) is 17.7 Å². The molecular formula is C16H16F3NO. The van der Waals surface area contributed by atoms with E-state index in [4.69, 9.17) is 10.5 Å². The van der Waals surface area contributed by atoms with Crippen molar-refractivity contribution < 1.29 is 17.9 Å². The SMILES string of the molecule is CCC(N)C(Oc1ccc(F)c(F)c1)c1cccc(F)c1. The Balaban J connectivity index is 2.30. The number of nitrogens with two attached hydrogens (primary N) is 1. The zero-order valence-corrected chi connectivity index (χ0v) is 11.5. The molecule has 0 bridgehead atoms. The lowest BCUT2D eigenvalue weighted by Crippen LogP contribution is -2.31. The summed E-state index contributed by atoms with van der Waals surface area (Å²) in [4.78, 5) is 0. The van der Waals surface area contributed by atoms with Gasteiger partial charge in [0.25, 0.3) is 0 Å². The van der Waals surface area contributed by atoms with E-state index >= 15 is 0 Å². The fourth-order valence-electron chi connectivity index (χ4n) is 2.00. The molecule has 2 N–H and O–H groups in total. The second kappa shape index (κ2) is 6.63. The average molecular weight is 295 g/mol. The molecule has 0 saturated heterocycles. The highest BCUT2D eigenvalue weighted by atomic mass is 19.2. The minimum Gasteiger partial charge on any atom is -0.484 e. The summed E-state index contributed by atoms with van der Waals surface area (Å²) in [6.07, 6.45) is -0.0548. The summed E-state index contributed by atoms with van der Waals surface area (Å²) >= 11 is 0. The Hall–Kier alpha value is -2.01. The van der Waals surface area contributed by atoms with Crippen molar-refractivity contribution in [1.82, 2.24) is 0 Å². The van der Waals surface area contributed by atoms with E-state index in [0.717, 1.165) is 12.1 Å². The lowest BCUT2D eigenvalue weighted by Gasteiger charge is -2.25. The Labute approximate surface area is 121 Å². The van der Waals surface area contributed by atoms with Gasteiger partial charge in [0, 0.05) is 12.1 Å². The summed E-state index contributed by atoms with van der Waals surface area (Å²) in [5.74, 6) is -2.22. The maximum Gasteiger partial charge on any atom is 0.162 e. The zero-order valence-electron chi connectivity index (χ0n) is 11.5. The highest BCUT2D eigenvalue weighted by Gasteiger charge is 2.21. The first kappa shape index (κ1) is 15.4. The number of hydrogen-bond donors (Lipinski definition) is 1. The largest absolute Gasteiger partial charge is 0.484 e. The van der Waals surface area contributed by atoms with Crippen LogP contribution in [0.2, 0.25) is 0 Å². The molecule has 0 aliphatic heterocycles. The van der Waals surface area contributed by atoms with Crippen LogP contribution >= 0.6 is 0 Å². The van der Waals surface area contributed by atoms with E-state index < -0.39 is 29.6 Å². The lowest BCUT2D eigenvalue weighted by atomic mass is 10.0. The number of rotatable bonds is 5. The Kier molecular flexibility index (Phi) is 4.85. The van der Waals surface area contributed by atoms with E-state index in [0.29, 0.717) is 12.0 Å². The standard InChI is InChI=1S/C16H16F3NO/c1-2-15(20)16(10-4-3-5-11(17)8-10)21-12-6-7-13(18)14(19)9-12/h3-9,15-16H,2,20H2,1H3. The molecule has 0 spiro atoms. The van der Waals surface area contributed by atoms with E-state index in [9.17, 15) is 13.2 Å². The van der Waals surface area contributed by atoms with E-state index in [1.807, 2.05) is 6.92 Å². The maximum absolute atomic E-state index is 13.3. The van der Waals surface area contributed by atoms with Crippen molar-refractivity contribution in [3.63, 3.8) is 0 Å². The first-order valence-electron chi connectivity index (χ1n) is 6.64. The Bertz CT molecular complexity index is 618. The average Bonchev–Trinajstić information content (AvgIpc) is 2.47.